The number of nitrogens with zero attached hydrogens (tertiary/aromatic N) is 1. The van der Waals surface area contributed by atoms with Gasteiger partial charge < -0.3 is 14.8 Å². The Bertz CT molecular complexity index is 495. The molecule has 0 radical (unpaired) electrons. The number of rotatable bonds is 7. The highest BCUT2D eigenvalue weighted by molar-refractivity contribution is 9.10. The Balaban J connectivity index is 2.78. The number of benzene rings is 1. The monoisotopic (exact) mass is 340 g/mol. The van der Waals surface area contributed by atoms with E-state index in [0.29, 0.717) is 25.4 Å². The first-order chi connectivity index (χ1) is 9.43. The summed E-state index contributed by atoms with van der Waals surface area (Å²) in [6, 6.07) is 6.22. The lowest BCUT2D eigenvalue weighted by atomic mass is 9.96. The van der Waals surface area contributed by atoms with Crippen LogP contribution in [0.2, 0.25) is 0 Å². The third-order valence-electron chi connectivity index (χ3n) is 2.78. The maximum atomic E-state index is 8.98. The van der Waals surface area contributed by atoms with E-state index in [-0.39, 0.29) is 5.41 Å². The van der Waals surface area contributed by atoms with Crippen LogP contribution in [-0.4, -0.2) is 20.3 Å². The molecule has 0 aliphatic carbocycles. The molecule has 4 nitrogen and oxygen atoms in total. The minimum Gasteiger partial charge on any atom is -0.493 e. The second kappa shape index (κ2) is 7.51. The lowest BCUT2D eigenvalue weighted by Gasteiger charge is -2.17. The molecule has 0 saturated carbocycles. The van der Waals surface area contributed by atoms with Crippen LogP contribution < -0.4 is 14.8 Å². The van der Waals surface area contributed by atoms with Crippen molar-refractivity contribution in [2.24, 2.45) is 5.41 Å². The van der Waals surface area contributed by atoms with Gasteiger partial charge >= 0.3 is 0 Å². The van der Waals surface area contributed by atoms with Gasteiger partial charge in [-0.15, -0.1) is 0 Å². The predicted octanol–water partition coefficient (Wildman–Crippen LogP) is 3.50. The summed E-state index contributed by atoms with van der Waals surface area (Å²) in [6.45, 7) is 7.65. The first-order valence-corrected chi connectivity index (χ1v) is 7.34. The largest absolute Gasteiger partial charge is 0.493 e. The summed E-state index contributed by atoms with van der Waals surface area (Å²) < 4.78 is 11.8. The molecule has 0 amide bonds. The van der Waals surface area contributed by atoms with Crippen LogP contribution in [0, 0.1) is 16.7 Å². The Morgan fingerprint density at radius 2 is 2.10 bits per heavy atom. The van der Waals surface area contributed by atoms with E-state index in [1.165, 1.54) is 0 Å². The third-order valence-corrected chi connectivity index (χ3v) is 3.37. The number of nitriles is 1. The molecule has 0 fully saturated rings. The number of ether oxygens (including phenoxy) is 2. The van der Waals surface area contributed by atoms with E-state index in [9.17, 15) is 0 Å². The molecular weight excluding hydrogens is 320 g/mol. The molecule has 0 saturated heterocycles. The quantitative estimate of drug-likeness (QED) is 0.825. The van der Waals surface area contributed by atoms with Gasteiger partial charge in [-0.3, -0.25) is 0 Å². The minimum atomic E-state index is -0.368. The van der Waals surface area contributed by atoms with Gasteiger partial charge in [0.2, 0.25) is 0 Å². The highest BCUT2D eigenvalue weighted by atomic mass is 79.9. The second-order valence-electron chi connectivity index (χ2n) is 5.14. The summed E-state index contributed by atoms with van der Waals surface area (Å²) in [5.74, 6) is 1.42. The fraction of sp³-hybridized carbons (Fsp3) is 0.533. The molecule has 0 bridgehead atoms. The summed E-state index contributed by atoms with van der Waals surface area (Å²) in [5, 5.41) is 12.3. The molecule has 110 valence electrons. The van der Waals surface area contributed by atoms with Gasteiger partial charge in [-0.2, -0.15) is 5.26 Å². The van der Waals surface area contributed by atoms with Gasteiger partial charge in [0.05, 0.1) is 29.7 Å². The van der Waals surface area contributed by atoms with Crippen molar-refractivity contribution in [1.82, 2.24) is 5.32 Å². The van der Waals surface area contributed by atoms with E-state index >= 15 is 0 Å². The Labute approximate surface area is 129 Å². The molecule has 1 aromatic rings. The summed E-state index contributed by atoms with van der Waals surface area (Å²) in [6.07, 6.45) is 0. The van der Waals surface area contributed by atoms with Crippen LogP contribution in [0.1, 0.15) is 26.3 Å². The van der Waals surface area contributed by atoms with Crippen molar-refractivity contribution in [2.75, 3.05) is 20.3 Å². The highest BCUT2D eigenvalue weighted by Gasteiger charge is 2.16. The first kappa shape index (κ1) is 16.8. The topological polar surface area (TPSA) is 54.3 Å². The van der Waals surface area contributed by atoms with Crippen LogP contribution in [0.3, 0.4) is 0 Å². The van der Waals surface area contributed by atoms with Crippen LogP contribution in [0.25, 0.3) is 0 Å². The van der Waals surface area contributed by atoms with E-state index in [4.69, 9.17) is 14.7 Å². The highest BCUT2D eigenvalue weighted by Crippen LogP contribution is 2.36. The summed E-state index contributed by atoms with van der Waals surface area (Å²) in [7, 11) is 1.63. The fourth-order valence-electron chi connectivity index (χ4n) is 1.72. The van der Waals surface area contributed by atoms with Gasteiger partial charge in [0.15, 0.2) is 11.5 Å². The van der Waals surface area contributed by atoms with E-state index in [2.05, 4.69) is 27.3 Å². The van der Waals surface area contributed by atoms with Crippen molar-refractivity contribution in [3.63, 3.8) is 0 Å². The van der Waals surface area contributed by atoms with E-state index in [0.717, 1.165) is 15.8 Å². The van der Waals surface area contributed by atoms with E-state index in [1.54, 1.807) is 7.11 Å². The average Bonchev–Trinajstić information content (AvgIpc) is 2.41. The second-order valence-corrected chi connectivity index (χ2v) is 6.00. The van der Waals surface area contributed by atoms with Crippen LogP contribution in [0.5, 0.6) is 11.5 Å². The fourth-order valence-corrected chi connectivity index (χ4v) is 2.32. The zero-order valence-electron chi connectivity index (χ0n) is 12.4. The van der Waals surface area contributed by atoms with Crippen molar-refractivity contribution in [1.29, 1.82) is 5.26 Å². The van der Waals surface area contributed by atoms with Gasteiger partial charge in [0, 0.05) is 13.1 Å². The van der Waals surface area contributed by atoms with Gasteiger partial charge in [-0.1, -0.05) is 0 Å². The summed E-state index contributed by atoms with van der Waals surface area (Å²) >= 11 is 3.50. The number of hydrogen-bond acceptors (Lipinski definition) is 4. The maximum absolute atomic E-state index is 8.98. The summed E-state index contributed by atoms with van der Waals surface area (Å²) in [4.78, 5) is 0. The Morgan fingerprint density at radius 3 is 2.65 bits per heavy atom. The first-order valence-electron chi connectivity index (χ1n) is 6.54. The lowest BCUT2D eigenvalue weighted by molar-refractivity contribution is 0.308. The molecule has 1 rings (SSSR count). The van der Waals surface area contributed by atoms with E-state index in [1.807, 2.05) is 32.9 Å². The summed E-state index contributed by atoms with van der Waals surface area (Å²) in [5.41, 5.74) is 0.706. The predicted molar refractivity (Wildman–Crippen MR) is 83.0 cm³/mol. The van der Waals surface area contributed by atoms with Crippen molar-refractivity contribution in [3.05, 3.63) is 22.2 Å². The zero-order valence-corrected chi connectivity index (χ0v) is 14.0. The lowest BCUT2D eigenvalue weighted by Crippen LogP contribution is -2.27. The smallest absolute Gasteiger partial charge is 0.175 e. The molecule has 1 aromatic carbocycles. The van der Waals surface area contributed by atoms with Crippen LogP contribution >= 0.6 is 15.9 Å². The van der Waals surface area contributed by atoms with Gasteiger partial charge in [-0.25, -0.2) is 0 Å². The van der Waals surface area contributed by atoms with Gasteiger partial charge in [0.25, 0.3) is 0 Å². The molecule has 1 N–H and O–H groups in total. The Kier molecular flexibility index (Phi) is 6.31. The van der Waals surface area contributed by atoms with E-state index < -0.39 is 0 Å². The Hall–Kier alpha value is -1.25. The molecule has 0 heterocycles. The normalized spacial score (nSPS) is 11.0. The SMILES string of the molecule is CCOc1c(Br)cc(CNCC(C)(C)C#N)cc1OC. The van der Waals surface area contributed by atoms with Crippen LogP contribution in [0.4, 0.5) is 0 Å². The molecule has 0 atom stereocenters. The number of hydrogen-bond donors (Lipinski definition) is 1. The molecule has 0 unspecified atom stereocenters. The maximum Gasteiger partial charge on any atom is 0.175 e. The van der Waals surface area contributed by atoms with Gasteiger partial charge in [-0.05, 0) is 54.4 Å². The van der Waals surface area contributed by atoms with Crippen molar-refractivity contribution in [3.8, 4) is 17.6 Å². The molecule has 0 aromatic heterocycles. The molecule has 5 heteroatoms. The Morgan fingerprint density at radius 1 is 1.40 bits per heavy atom. The van der Waals surface area contributed by atoms with Crippen LogP contribution in [-0.2, 0) is 6.54 Å². The van der Waals surface area contributed by atoms with Crippen LogP contribution in [0.15, 0.2) is 16.6 Å². The average molecular weight is 341 g/mol. The molecule has 20 heavy (non-hydrogen) atoms. The molecule has 0 spiro atoms. The number of methoxy groups -OCH3 is 1. The number of halogens is 1. The molecule has 0 aliphatic heterocycles. The van der Waals surface area contributed by atoms with Gasteiger partial charge in [0.1, 0.15) is 0 Å². The third kappa shape index (κ3) is 4.69. The minimum absolute atomic E-state index is 0.368. The molecular formula is C15H21BrN2O2. The van der Waals surface area contributed by atoms with Crippen molar-refractivity contribution < 1.29 is 9.47 Å². The standard InChI is InChI=1S/C15H21BrN2O2/c1-5-20-14-12(16)6-11(7-13(14)19-4)8-18-10-15(2,3)9-17/h6-7,18H,5,8,10H2,1-4H3. The van der Waals surface area contributed by atoms with Crippen molar-refractivity contribution in [2.45, 2.75) is 27.3 Å². The number of nitrogens with one attached hydrogen (secondary N) is 1. The molecule has 0 aliphatic rings. The van der Waals surface area contributed by atoms with Crippen molar-refractivity contribution >= 4 is 15.9 Å². The zero-order chi connectivity index (χ0) is 15.2.